The van der Waals surface area contributed by atoms with E-state index in [-0.39, 0.29) is 5.69 Å². The summed E-state index contributed by atoms with van der Waals surface area (Å²) in [4.78, 5) is 16.4. The highest BCUT2D eigenvalue weighted by atomic mass is 16.2. The van der Waals surface area contributed by atoms with Crippen molar-refractivity contribution in [2.75, 3.05) is 0 Å². The van der Waals surface area contributed by atoms with Crippen molar-refractivity contribution in [1.82, 2.24) is 19.3 Å². The Balaban J connectivity index is 1.90. The van der Waals surface area contributed by atoms with Crippen molar-refractivity contribution in [3.63, 3.8) is 0 Å². The lowest BCUT2D eigenvalue weighted by molar-refractivity contribution is 0.616. The van der Waals surface area contributed by atoms with Crippen LogP contribution in [-0.2, 0) is 13.6 Å². The lowest BCUT2D eigenvalue weighted by Crippen LogP contribution is -2.24. The molecule has 0 saturated carbocycles. The first-order chi connectivity index (χ1) is 9.25. The normalized spacial score (nSPS) is 15.2. The van der Waals surface area contributed by atoms with Crippen LogP contribution in [-0.4, -0.2) is 19.3 Å². The predicted molar refractivity (Wildman–Crippen MR) is 71.9 cm³/mol. The van der Waals surface area contributed by atoms with Crippen LogP contribution in [0.5, 0.6) is 0 Å². The van der Waals surface area contributed by atoms with E-state index in [4.69, 9.17) is 0 Å². The first-order valence-corrected chi connectivity index (χ1v) is 6.44. The van der Waals surface area contributed by atoms with Gasteiger partial charge in [0.05, 0.1) is 12.2 Å². The van der Waals surface area contributed by atoms with Crippen LogP contribution in [0.4, 0.5) is 0 Å². The third kappa shape index (κ3) is 2.23. The molecule has 2 aromatic heterocycles. The smallest absolute Gasteiger partial charge is 0.282 e. The van der Waals surface area contributed by atoms with Crippen LogP contribution in [0.2, 0.25) is 0 Å². The Labute approximate surface area is 111 Å². The van der Waals surface area contributed by atoms with E-state index in [0.29, 0.717) is 12.5 Å². The van der Waals surface area contributed by atoms with Gasteiger partial charge in [-0.3, -0.25) is 9.55 Å². The third-order valence-electron chi connectivity index (χ3n) is 3.49. The molecule has 0 N–H and O–H groups in total. The molecule has 2 heterocycles. The summed E-state index contributed by atoms with van der Waals surface area (Å²) in [7, 11) is 1.79. The Morgan fingerprint density at radius 3 is 2.79 bits per heavy atom. The Hall–Kier alpha value is -2.17. The molecule has 0 radical (unpaired) electrons. The number of hydrogen-bond acceptors (Lipinski definition) is 3. The second-order valence-corrected chi connectivity index (χ2v) is 4.82. The van der Waals surface area contributed by atoms with E-state index >= 15 is 0 Å². The molecule has 0 aromatic carbocycles. The van der Waals surface area contributed by atoms with E-state index in [1.165, 1.54) is 4.68 Å². The second kappa shape index (κ2) is 4.84. The molecule has 0 aliphatic heterocycles. The maximum atomic E-state index is 12.2. The monoisotopic (exact) mass is 256 g/mol. The minimum atomic E-state index is -0.0763. The van der Waals surface area contributed by atoms with E-state index in [0.717, 1.165) is 24.4 Å². The number of allylic oxidation sites excluding steroid dienone is 2. The molecule has 0 bridgehead atoms. The fourth-order valence-corrected chi connectivity index (χ4v) is 2.44. The van der Waals surface area contributed by atoms with Gasteiger partial charge in [0.25, 0.3) is 0 Å². The topological polar surface area (TPSA) is 52.7 Å². The van der Waals surface area contributed by atoms with Crippen LogP contribution >= 0.6 is 0 Å². The largest absolute Gasteiger partial charge is 0.346 e. The van der Waals surface area contributed by atoms with Gasteiger partial charge in [0, 0.05) is 19.2 Å². The molecule has 2 aromatic rings. The Kier molecular flexibility index (Phi) is 3.03. The summed E-state index contributed by atoms with van der Waals surface area (Å²) >= 11 is 0. The van der Waals surface area contributed by atoms with Gasteiger partial charge in [0.15, 0.2) is 0 Å². The molecule has 0 fully saturated rings. The maximum Gasteiger partial charge on any atom is 0.346 e. The molecule has 1 aliphatic carbocycles. The van der Waals surface area contributed by atoms with Crippen LogP contribution in [0.15, 0.2) is 41.3 Å². The van der Waals surface area contributed by atoms with Crippen LogP contribution in [0.25, 0.3) is 0 Å². The molecule has 3 rings (SSSR count). The fourth-order valence-electron chi connectivity index (χ4n) is 2.44. The number of rotatable bonds is 3. The predicted octanol–water partition coefficient (Wildman–Crippen LogP) is 1.46. The highest BCUT2D eigenvalue weighted by Crippen LogP contribution is 2.26. The zero-order valence-corrected chi connectivity index (χ0v) is 10.9. The van der Waals surface area contributed by atoms with Crippen LogP contribution in [0.3, 0.4) is 0 Å². The van der Waals surface area contributed by atoms with Gasteiger partial charge in [-0.05, 0) is 25.0 Å². The van der Waals surface area contributed by atoms with Crippen molar-refractivity contribution in [2.45, 2.75) is 25.3 Å². The van der Waals surface area contributed by atoms with Gasteiger partial charge >= 0.3 is 5.69 Å². The summed E-state index contributed by atoms with van der Waals surface area (Å²) in [5, 5.41) is 4.47. The van der Waals surface area contributed by atoms with Gasteiger partial charge in [-0.15, -0.1) is 0 Å². The highest BCUT2D eigenvalue weighted by Gasteiger charge is 2.21. The number of pyridine rings is 1. The zero-order valence-electron chi connectivity index (χ0n) is 10.9. The van der Waals surface area contributed by atoms with Crippen molar-refractivity contribution in [2.24, 2.45) is 7.05 Å². The molecular weight excluding hydrogens is 240 g/mol. The SMILES string of the molecule is Cn1c(C2CC=CC2)nn(Cc2ccccn2)c1=O. The van der Waals surface area contributed by atoms with Gasteiger partial charge < -0.3 is 0 Å². The van der Waals surface area contributed by atoms with Gasteiger partial charge in [0.1, 0.15) is 5.82 Å². The summed E-state index contributed by atoms with van der Waals surface area (Å²) in [6.45, 7) is 0.424. The molecular formula is C14H16N4O. The molecule has 0 amide bonds. The minimum Gasteiger partial charge on any atom is -0.282 e. The molecule has 98 valence electrons. The molecule has 0 saturated heterocycles. The van der Waals surface area contributed by atoms with E-state index in [2.05, 4.69) is 22.2 Å². The van der Waals surface area contributed by atoms with Gasteiger partial charge in [0.2, 0.25) is 0 Å². The molecule has 5 heteroatoms. The zero-order chi connectivity index (χ0) is 13.2. The maximum absolute atomic E-state index is 12.2. The molecule has 0 atom stereocenters. The molecule has 19 heavy (non-hydrogen) atoms. The quantitative estimate of drug-likeness (QED) is 0.781. The number of nitrogens with zero attached hydrogens (tertiary/aromatic N) is 4. The number of hydrogen-bond donors (Lipinski definition) is 0. The van der Waals surface area contributed by atoms with Crippen LogP contribution in [0.1, 0.15) is 30.3 Å². The summed E-state index contributed by atoms with van der Waals surface area (Å²) in [5.74, 6) is 1.20. The first kappa shape index (κ1) is 11.9. The molecule has 0 unspecified atom stereocenters. The lowest BCUT2D eigenvalue weighted by Gasteiger charge is -2.06. The standard InChI is InChI=1S/C14H16N4O/c1-17-13(11-6-2-3-7-11)16-18(14(17)19)10-12-8-4-5-9-15-12/h2-5,8-9,11H,6-7,10H2,1H3. The van der Waals surface area contributed by atoms with Crippen molar-refractivity contribution in [3.05, 3.63) is 58.6 Å². The fraction of sp³-hybridized carbons (Fsp3) is 0.357. The summed E-state index contributed by atoms with van der Waals surface area (Å²) in [6, 6.07) is 5.68. The Morgan fingerprint density at radius 2 is 2.11 bits per heavy atom. The molecule has 1 aliphatic rings. The average molecular weight is 256 g/mol. The van der Waals surface area contributed by atoms with Crippen LogP contribution in [0, 0.1) is 0 Å². The van der Waals surface area contributed by atoms with Crippen molar-refractivity contribution >= 4 is 0 Å². The van der Waals surface area contributed by atoms with Gasteiger partial charge in [-0.25, -0.2) is 9.48 Å². The second-order valence-electron chi connectivity index (χ2n) is 4.82. The van der Waals surface area contributed by atoms with Crippen molar-refractivity contribution in [3.8, 4) is 0 Å². The van der Waals surface area contributed by atoms with Gasteiger partial charge in [-0.1, -0.05) is 18.2 Å². The summed E-state index contributed by atoms with van der Waals surface area (Å²) < 4.78 is 3.15. The van der Waals surface area contributed by atoms with Gasteiger partial charge in [-0.2, -0.15) is 5.10 Å². The van der Waals surface area contributed by atoms with E-state index in [1.807, 2.05) is 18.2 Å². The lowest BCUT2D eigenvalue weighted by atomic mass is 10.1. The Morgan fingerprint density at radius 1 is 1.32 bits per heavy atom. The average Bonchev–Trinajstić information content (AvgIpc) is 3.04. The molecule has 5 nitrogen and oxygen atoms in total. The summed E-state index contributed by atoms with van der Waals surface area (Å²) in [6.07, 6.45) is 7.95. The van der Waals surface area contributed by atoms with E-state index in [1.54, 1.807) is 17.8 Å². The Bertz CT molecular complexity index is 646. The van der Waals surface area contributed by atoms with Crippen molar-refractivity contribution < 1.29 is 0 Å². The molecule has 0 spiro atoms. The van der Waals surface area contributed by atoms with E-state index in [9.17, 15) is 4.79 Å². The highest BCUT2D eigenvalue weighted by molar-refractivity contribution is 5.10. The summed E-state index contributed by atoms with van der Waals surface area (Å²) in [5.41, 5.74) is 0.770. The third-order valence-corrected chi connectivity index (χ3v) is 3.49. The van der Waals surface area contributed by atoms with Crippen LogP contribution < -0.4 is 5.69 Å². The van der Waals surface area contributed by atoms with Crippen molar-refractivity contribution in [1.29, 1.82) is 0 Å². The van der Waals surface area contributed by atoms with E-state index < -0.39 is 0 Å². The number of aromatic nitrogens is 4. The minimum absolute atomic E-state index is 0.0763. The first-order valence-electron chi connectivity index (χ1n) is 6.44.